The fraction of sp³-hybridized carbons (Fsp3) is 0.667. The van der Waals surface area contributed by atoms with Gasteiger partial charge in [-0.05, 0) is 6.92 Å². The maximum Gasteiger partial charge on any atom is 0.236 e. The topological polar surface area (TPSA) is 80.9 Å². The molecule has 3 N–H and O–H groups in total. The third-order valence-corrected chi connectivity index (χ3v) is 3.03. The van der Waals surface area contributed by atoms with Crippen LogP contribution in [0.4, 0.5) is 0 Å². The van der Waals surface area contributed by atoms with Crippen LogP contribution in [0.5, 0.6) is 0 Å². The molecule has 92 valence electrons. The van der Waals surface area contributed by atoms with Gasteiger partial charge in [0.25, 0.3) is 0 Å². The van der Waals surface area contributed by atoms with Crippen molar-refractivity contribution in [1.29, 1.82) is 0 Å². The van der Waals surface area contributed by atoms with Crippen LogP contribution in [0.15, 0.2) is 0 Å². The summed E-state index contributed by atoms with van der Waals surface area (Å²) in [5, 5.41) is 12.5. The molecule has 1 heterocycles. The molecule has 5 nitrogen and oxygen atoms in total. The molecule has 0 bridgehead atoms. The minimum absolute atomic E-state index is 0. The minimum Gasteiger partial charge on any atom is -0.348 e. The Kier molecular flexibility index (Phi) is 6.47. The predicted octanol–water partition coefficient (Wildman–Crippen LogP) is 1.05. The second-order valence-electron chi connectivity index (χ2n) is 3.70. The summed E-state index contributed by atoms with van der Waals surface area (Å²) in [5.41, 5.74) is 5.41. The Bertz CT molecular complexity index is 340. The molecule has 0 unspecified atom stereocenters. The van der Waals surface area contributed by atoms with E-state index in [4.69, 9.17) is 5.73 Å². The normalized spacial score (nSPS) is 12.1. The van der Waals surface area contributed by atoms with Crippen LogP contribution in [0, 0.1) is 0 Å². The van der Waals surface area contributed by atoms with Crippen molar-refractivity contribution in [3.05, 3.63) is 10.0 Å². The Morgan fingerprint density at radius 1 is 1.44 bits per heavy atom. The zero-order chi connectivity index (χ0) is 11.4. The maximum absolute atomic E-state index is 11.2. The van der Waals surface area contributed by atoms with Crippen LogP contribution in [0.25, 0.3) is 0 Å². The van der Waals surface area contributed by atoms with Crippen LogP contribution in [0.1, 0.15) is 36.7 Å². The van der Waals surface area contributed by atoms with Crippen LogP contribution >= 0.6 is 23.7 Å². The number of rotatable bonds is 4. The summed E-state index contributed by atoms with van der Waals surface area (Å²) in [6.07, 6.45) is 0. The van der Waals surface area contributed by atoms with E-state index in [9.17, 15) is 4.79 Å². The number of hydrogen-bond donors (Lipinski definition) is 2. The Morgan fingerprint density at radius 3 is 2.50 bits per heavy atom. The highest BCUT2D eigenvalue weighted by Crippen LogP contribution is 2.18. The van der Waals surface area contributed by atoms with Crippen LogP contribution in [0.3, 0.4) is 0 Å². The third-order valence-electron chi connectivity index (χ3n) is 1.80. The van der Waals surface area contributed by atoms with Crippen molar-refractivity contribution >= 4 is 29.7 Å². The molecule has 1 atom stereocenters. The molecule has 1 aromatic heterocycles. The van der Waals surface area contributed by atoms with Gasteiger partial charge in [-0.3, -0.25) is 4.79 Å². The van der Waals surface area contributed by atoms with Crippen molar-refractivity contribution in [2.75, 3.05) is 0 Å². The highest BCUT2D eigenvalue weighted by molar-refractivity contribution is 7.11. The van der Waals surface area contributed by atoms with Crippen molar-refractivity contribution in [3.63, 3.8) is 0 Å². The number of nitrogens with one attached hydrogen (secondary N) is 1. The number of hydrogen-bond acceptors (Lipinski definition) is 5. The number of nitrogens with zero attached hydrogens (tertiary/aromatic N) is 2. The van der Waals surface area contributed by atoms with Crippen LogP contribution in [0.2, 0.25) is 0 Å². The molecule has 0 spiro atoms. The summed E-state index contributed by atoms with van der Waals surface area (Å²) < 4.78 is 0. The minimum atomic E-state index is -0.484. The predicted molar refractivity (Wildman–Crippen MR) is 66.7 cm³/mol. The average Bonchev–Trinajstić information content (AvgIpc) is 2.62. The second-order valence-corrected chi connectivity index (χ2v) is 4.79. The van der Waals surface area contributed by atoms with E-state index < -0.39 is 6.04 Å². The van der Waals surface area contributed by atoms with Crippen molar-refractivity contribution < 1.29 is 4.79 Å². The largest absolute Gasteiger partial charge is 0.348 e. The fourth-order valence-electron chi connectivity index (χ4n) is 0.895. The molecule has 1 amide bonds. The van der Waals surface area contributed by atoms with Gasteiger partial charge in [0.05, 0.1) is 12.6 Å². The zero-order valence-electron chi connectivity index (χ0n) is 9.56. The summed E-state index contributed by atoms with van der Waals surface area (Å²) in [7, 11) is 0. The van der Waals surface area contributed by atoms with Gasteiger partial charge in [-0.25, -0.2) is 0 Å². The summed E-state index contributed by atoms with van der Waals surface area (Å²) in [6.45, 7) is 6.18. The molecule has 0 fully saturated rings. The Labute approximate surface area is 105 Å². The monoisotopic (exact) mass is 264 g/mol. The van der Waals surface area contributed by atoms with Crippen molar-refractivity contribution in [3.8, 4) is 0 Å². The Balaban J connectivity index is 0.00000225. The maximum atomic E-state index is 11.2. The van der Waals surface area contributed by atoms with E-state index in [-0.39, 0.29) is 18.3 Å². The van der Waals surface area contributed by atoms with Gasteiger partial charge in [-0.2, -0.15) is 0 Å². The van der Waals surface area contributed by atoms with E-state index in [0.717, 1.165) is 10.0 Å². The molecule has 7 heteroatoms. The SMILES string of the molecule is CC(C)c1nnc(CNC(=O)[C@@H](C)N)s1.Cl. The number of amides is 1. The molecule has 1 rings (SSSR count). The molecule has 1 aromatic rings. The summed E-state index contributed by atoms with van der Waals surface area (Å²) in [5.74, 6) is 0.205. The smallest absolute Gasteiger partial charge is 0.236 e. The lowest BCUT2D eigenvalue weighted by Gasteiger charge is -2.04. The van der Waals surface area contributed by atoms with Gasteiger partial charge in [0.15, 0.2) is 0 Å². The Hall–Kier alpha value is -0.720. The summed E-state index contributed by atoms with van der Waals surface area (Å²) >= 11 is 1.52. The van der Waals surface area contributed by atoms with E-state index in [2.05, 4.69) is 29.4 Å². The molecule has 16 heavy (non-hydrogen) atoms. The number of aromatic nitrogens is 2. The molecule has 0 saturated carbocycles. The summed E-state index contributed by atoms with van der Waals surface area (Å²) in [6, 6.07) is -0.484. The van der Waals surface area contributed by atoms with Crippen LogP contribution in [-0.2, 0) is 11.3 Å². The van der Waals surface area contributed by atoms with Crippen molar-refractivity contribution in [1.82, 2.24) is 15.5 Å². The molecule has 0 aliphatic rings. The highest BCUT2D eigenvalue weighted by atomic mass is 35.5. The molecule has 0 aliphatic carbocycles. The van der Waals surface area contributed by atoms with E-state index in [1.165, 1.54) is 11.3 Å². The van der Waals surface area contributed by atoms with Gasteiger partial charge >= 0.3 is 0 Å². The average molecular weight is 265 g/mol. The third kappa shape index (κ3) is 4.42. The Morgan fingerprint density at radius 2 is 2.06 bits per heavy atom. The van der Waals surface area contributed by atoms with Gasteiger partial charge in [0.2, 0.25) is 5.91 Å². The first-order valence-corrected chi connectivity index (χ1v) is 5.68. The van der Waals surface area contributed by atoms with Gasteiger partial charge in [0, 0.05) is 5.92 Å². The lowest BCUT2D eigenvalue weighted by molar-refractivity contribution is -0.122. The van der Waals surface area contributed by atoms with Gasteiger partial charge in [0.1, 0.15) is 10.0 Å². The van der Waals surface area contributed by atoms with E-state index in [1.54, 1.807) is 6.92 Å². The molecule has 0 aromatic carbocycles. The summed E-state index contributed by atoms with van der Waals surface area (Å²) in [4.78, 5) is 11.2. The van der Waals surface area contributed by atoms with Crippen LogP contribution < -0.4 is 11.1 Å². The number of nitrogens with two attached hydrogens (primary N) is 1. The number of carbonyl (C=O) groups is 1. The molecular formula is C9H17ClN4OS. The lowest BCUT2D eigenvalue weighted by atomic mass is 10.2. The quantitative estimate of drug-likeness (QED) is 0.852. The first kappa shape index (κ1) is 15.3. The molecule has 0 radical (unpaired) electrons. The molecule has 0 saturated heterocycles. The number of carbonyl (C=O) groups excluding carboxylic acids is 1. The fourth-order valence-corrected chi connectivity index (χ4v) is 1.68. The van der Waals surface area contributed by atoms with Gasteiger partial charge in [-0.1, -0.05) is 25.2 Å². The van der Waals surface area contributed by atoms with E-state index >= 15 is 0 Å². The standard InChI is InChI=1S/C9H16N4OS.ClH/c1-5(2)9-13-12-7(15-9)4-11-8(14)6(3)10;/h5-6H,4,10H2,1-3H3,(H,11,14);1H/t6-;/m1./s1. The molecule has 0 aliphatic heterocycles. The zero-order valence-corrected chi connectivity index (χ0v) is 11.2. The number of halogens is 1. The molecular weight excluding hydrogens is 248 g/mol. The van der Waals surface area contributed by atoms with Gasteiger partial charge in [-0.15, -0.1) is 22.6 Å². The van der Waals surface area contributed by atoms with Crippen molar-refractivity contribution in [2.45, 2.75) is 39.3 Å². The second kappa shape index (κ2) is 6.78. The van der Waals surface area contributed by atoms with Gasteiger partial charge < -0.3 is 11.1 Å². The van der Waals surface area contributed by atoms with Crippen molar-refractivity contribution in [2.24, 2.45) is 5.73 Å². The highest BCUT2D eigenvalue weighted by Gasteiger charge is 2.10. The first-order chi connectivity index (χ1) is 7.00. The van der Waals surface area contributed by atoms with E-state index in [1.807, 2.05) is 0 Å². The van der Waals surface area contributed by atoms with E-state index in [0.29, 0.717) is 12.5 Å². The van der Waals surface area contributed by atoms with Crippen LogP contribution in [-0.4, -0.2) is 22.1 Å². The first-order valence-electron chi connectivity index (χ1n) is 4.86. The lowest BCUT2D eigenvalue weighted by Crippen LogP contribution is -2.37.